The molecule has 1 aromatic rings. The van der Waals surface area contributed by atoms with Crippen molar-refractivity contribution in [1.29, 1.82) is 5.26 Å². The highest BCUT2D eigenvalue weighted by Crippen LogP contribution is 2.18. The zero-order valence-electron chi connectivity index (χ0n) is 15.8. The minimum Gasteiger partial charge on any atom is -0.374 e. The van der Waals surface area contributed by atoms with Crippen LogP contribution in [0.15, 0.2) is 36.0 Å². The number of amides is 1. The zero-order valence-corrected chi connectivity index (χ0v) is 15.8. The molecule has 0 radical (unpaired) electrons. The molecule has 27 heavy (non-hydrogen) atoms. The van der Waals surface area contributed by atoms with Gasteiger partial charge in [-0.1, -0.05) is 6.92 Å². The second-order valence-electron chi connectivity index (χ2n) is 6.88. The van der Waals surface area contributed by atoms with Crippen molar-refractivity contribution in [3.8, 4) is 6.07 Å². The molecule has 7 heteroatoms. The number of piperazine rings is 2. The molecule has 2 fully saturated rings. The summed E-state index contributed by atoms with van der Waals surface area (Å²) < 4.78 is 13.1. The van der Waals surface area contributed by atoms with Crippen LogP contribution < -0.4 is 4.90 Å². The number of nitrogens with zero attached hydrogens (tertiary/aromatic N) is 5. The maximum atomic E-state index is 13.1. The molecule has 6 nitrogen and oxygen atoms in total. The maximum Gasteiger partial charge on any atom is 0.266 e. The molecule has 0 saturated carbocycles. The van der Waals surface area contributed by atoms with Crippen LogP contribution >= 0.6 is 0 Å². The number of anilines is 1. The van der Waals surface area contributed by atoms with E-state index < -0.39 is 0 Å². The quantitative estimate of drug-likeness (QED) is 0.593. The number of carbonyl (C=O) groups excluding carboxylic acids is 1. The summed E-state index contributed by atoms with van der Waals surface area (Å²) in [6.07, 6.45) is 1.72. The molecule has 144 valence electrons. The average molecular weight is 371 g/mol. The Bertz CT molecular complexity index is 711. The highest BCUT2D eigenvalue weighted by Gasteiger charge is 2.25. The molecular weight excluding hydrogens is 345 g/mol. The van der Waals surface area contributed by atoms with Crippen molar-refractivity contribution in [2.75, 3.05) is 63.8 Å². The summed E-state index contributed by atoms with van der Waals surface area (Å²) in [5.41, 5.74) is 1.16. The molecule has 0 spiro atoms. The fourth-order valence-corrected chi connectivity index (χ4v) is 3.51. The second kappa shape index (κ2) is 8.87. The molecule has 3 rings (SSSR count). The highest BCUT2D eigenvalue weighted by molar-refractivity contribution is 5.97. The molecule has 2 saturated heterocycles. The van der Waals surface area contributed by atoms with Crippen LogP contribution in [-0.4, -0.2) is 79.5 Å². The van der Waals surface area contributed by atoms with Gasteiger partial charge in [0.1, 0.15) is 17.5 Å². The fourth-order valence-electron chi connectivity index (χ4n) is 3.51. The van der Waals surface area contributed by atoms with E-state index in [2.05, 4.69) is 27.7 Å². The van der Waals surface area contributed by atoms with Crippen molar-refractivity contribution in [1.82, 2.24) is 14.7 Å². The first-order valence-corrected chi connectivity index (χ1v) is 9.49. The molecule has 0 aromatic heterocycles. The summed E-state index contributed by atoms with van der Waals surface area (Å²) in [6, 6.07) is 8.48. The van der Waals surface area contributed by atoms with Crippen molar-refractivity contribution in [2.45, 2.75) is 6.92 Å². The van der Waals surface area contributed by atoms with Gasteiger partial charge in [0.05, 0.1) is 0 Å². The maximum absolute atomic E-state index is 13.1. The van der Waals surface area contributed by atoms with Gasteiger partial charge in [-0.25, -0.2) is 4.39 Å². The first-order valence-electron chi connectivity index (χ1n) is 9.49. The van der Waals surface area contributed by atoms with Crippen LogP contribution in [0.2, 0.25) is 0 Å². The minimum atomic E-state index is -0.254. The van der Waals surface area contributed by atoms with Crippen LogP contribution in [0.25, 0.3) is 0 Å². The van der Waals surface area contributed by atoms with E-state index in [0.717, 1.165) is 38.4 Å². The van der Waals surface area contributed by atoms with E-state index in [0.29, 0.717) is 26.2 Å². The molecular formula is C20H26FN5O. The summed E-state index contributed by atoms with van der Waals surface area (Å²) in [5, 5.41) is 9.46. The van der Waals surface area contributed by atoms with E-state index in [-0.39, 0.29) is 17.3 Å². The standard InChI is InChI=1S/C20H26FN5O/c1-2-23-7-9-24(10-8-23)16-17(15-22)20(27)26-13-11-25(12-14-26)19-5-3-18(21)4-6-19/h3-6,16H,2,7-14H2,1H3/b17-16-. The SMILES string of the molecule is CCN1CCN(/C=C(/C#N)C(=O)N2CCN(c3ccc(F)cc3)CC2)CC1. The van der Waals surface area contributed by atoms with Crippen molar-refractivity contribution in [3.05, 3.63) is 41.9 Å². The Morgan fingerprint density at radius 1 is 1.07 bits per heavy atom. The van der Waals surface area contributed by atoms with Gasteiger partial charge in [0.2, 0.25) is 0 Å². The minimum absolute atomic E-state index is 0.200. The monoisotopic (exact) mass is 371 g/mol. The van der Waals surface area contributed by atoms with E-state index in [9.17, 15) is 14.4 Å². The van der Waals surface area contributed by atoms with Crippen molar-refractivity contribution in [3.63, 3.8) is 0 Å². The van der Waals surface area contributed by atoms with Gasteiger partial charge in [-0.15, -0.1) is 0 Å². The topological polar surface area (TPSA) is 53.8 Å². The molecule has 2 aliphatic heterocycles. The normalized spacial score (nSPS) is 19.1. The van der Waals surface area contributed by atoms with Gasteiger partial charge in [0, 0.05) is 64.2 Å². The van der Waals surface area contributed by atoms with Gasteiger partial charge >= 0.3 is 0 Å². The van der Waals surface area contributed by atoms with Gasteiger partial charge in [-0.2, -0.15) is 5.26 Å². The van der Waals surface area contributed by atoms with E-state index >= 15 is 0 Å². The molecule has 0 aliphatic carbocycles. The first kappa shape index (κ1) is 19.2. The summed E-state index contributed by atoms with van der Waals surface area (Å²) in [7, 11) is 0. The zero-order chi connectivity index (χ0) is 19.2. The first-order chi connectivity index (χ1) is 13.1. The molecule has 1 aromatic carbocycles. The number of carbonyl (C=O) groups is 1. The smallest absolute Gasteiger partial charge is 0.266 e. The molecule has 2 aliphatic rings. The van der Waals surface area contributed by atoms with Crippen LogP contribution in [-0.2, 0) is 4.79 Å². The second-order valence-corrected chi connectivity index (χ2v) is 6.88. The van der Waals surface area contributed by atoms with Gasteiger partial charge in [-0.3, -0.25) is 4.79 Å². The summed E-state index contributed by atoms with van der Waals surface area (Å²) >= 11 is 0. The fraction of sp³-hybridized carbons (Fsp3) is 0.500. The lowest BCUT2D eigenvalue weighted by atomic mass is 10.2. The number of halogens is 1. The molecule has 0 bridgehead atoms. The number of benzene rings is 1. The number of hydrogen-bond acceptors (Lipinski definition) is 5. The third-order valence-corrected chi connectivity index (χ3v) is 5.28. The molecule has 1 amide bonds. The van der Waals surface area contributed by atoms with E-state index in [1.165, 1.54) is 12.1 Å². The Morgan fingerprint density at radius 2 is 1.70 bits per heavy atom. The molecule has 2 heterocycles. The summed E-state index contributed by atoms with van der Waals surface area (Å²) in [6.45, 7) is 9.21. The predicted molar refractivity (Wildman–Crippen MR) is 103 cm³/mol. The van der Waals surface area contributed by atoms with Gasteiger partial charge < -0.3 is 19.6 Å². The number of likely N-dealkylation sites (N-methyl/N-ethyl adjacent to an activating group) is 1. The van der Waals surface area contributed by atoms with Crippen LogP contribution in [0.3, 0.4) is 0 Å². The largest absolute Gasteiger partial charge is 0.374 e. The van der Waals surface area contributed by atoms with E-state index in [1.54, 1.807) is 23.2 Å². The van der Waals surface area contributed by atoms with Crippen LogP contribution in [0.5, 0.6) is 0 Å². The molecule has 0 N–H and O–H groups in total. The van der Waals surface area contributed by atoms with Crippen molar-refractivity contribution in [2.24, 2.45) is 0 Å². The van der Waals surface area contributed by atoms with Crippen molar-refractivity contribution < 1.29 is 9.18 Å². The van der Waals surface area contributed by atoms with E-state index in [4.69, 9.17) is 0 Å². The average Bonchev–Trinajstić information content (AvgIpc) is 2.72. The number of nitriles is 1. The Kier molecular flexibility index (Phi) is 6.30. The lowest BCUT2D eigenvalue weighted by Crippen LogP contribution is -2.49. The Balaban J connectivity index is 1.56. The lowest BCUT2D eigenvalue weighted by molar-refractivity contribution is -0.127. The van der Waals surface area contributed by atoms with Crippen LogP contribution in [0.4, 0.5) is 10.1 Å². The third-order valence-electron chi connectivity index (χ3n) is 5.28. The molecule has 0 atom stereocenters. The highest BCUT2D eigenvalue weighted by atomic mass is 19.1. The molecule has 0 unspecified atom stereocenters. The Morgan fingerprint density at radius 3 is 2.26 bits per heavy atom. The van der Waals surface area contributed by atoms with Crippen LogP contribution in [0.1, 0.15) is 6.92 Å². The predicted octanol–water partition coefficient (Wildman–Crippen LogP) is 1.52. The van der Waals surface area contributed by atoms with Gasteiger partial charge in [0.15, 0.2) is 0 Å². The van der Waals surface area contributed by atoms with Gasteiger partial charge in [-0.05, 0) is 30.8 Å². The van der Waals surface area contributed by atoms with Gasteiger partial charge in [0.25, 0.3) is 5.91 Å². The summed E-state index contributed by atoms with van der Waals surface area (Å²) in [4.78, 5) is 21.0. The Labute approximate surface area is 160 Å². The lowest BCUT2D eigenvalue weighted by Gasteiger charge is -2.36. The van der Waals surface area contributed by atoms with Crippen LogP contribution in [0, 0.1) is 17.1 Å². The Hall–Kier alpha value is -2.59. The number of rotatable bonds is 4. The van der Waals surface area contributed by atoms with Crippen molar-refractivity contribution >= 4 is 11.6 Å². The number of hydrogen-bond donors (Lipinski definition) is 0. The summed E-state index contributed by atoms with van der Waals surface area (Å²) in [5.74, 6) is -0.453. The third kappa shape index (κ3) is 4.77. The van der Waals surface area contributed by atoms with E-state index in [1.807, 2.05) is 0 Å².